The topological polar surface area (TPSA) is 43.4 Å². The van der Waals surface area contributed by atoms with Crippen LogP contribution in [-0.4, -0.2) is 41.8 Å². The van der Waals surface area contributed by atoms with Crippen LogP contribution in [0.15, 0.2) is 18.8 Å². The predicted octanol–water partition coefficient (Wildman–Crippen LogP) is 0.624. The summed E-state index contributed by atoms with van der Waals surface area (Å²) >= 11 is -0.800. The monoisotopic (exact) mass is 281 g/mol. The van der Waals surface area contributed by atoms with Crippen molar-refractivity contribution in [3.63, 3.8) is 0 Å². The van der Waals surface area contributed by atoms with Crippen molar-refractivity contribution >= 4 is 35.2 Å². The van der Waals surface area contributed by atoms with Crippen LogP contribution in [0.3, 0.4) is 0 Å². The number of esters is 1. The molecule has 0 aromatic carbocycles. The first-order chi connectivity index (χ1) is 6.22. The van der Waals surface area contributed by atoms with Crippen molar-refractivity contribution in [2.45, 2.75) is 13.3 Å². The fourth-order valence-corrected chi connectivity index (χ4v) is 4.35. The van der Waals surface area contributed by atoms with Crippen LogP contribution in [0.2, 0.25) is 0 Å². The van der Waals surface area contributed by atoms with Gasteiger partial charge in [0.15, 0.2) is 0 Å². The Balaban J connectivity index is 2.25. The Hall–Kier alpha value is -0.510. The summed E-state index contributed by atoms with van der Waals surface area (Å²) in [5, 5.41) is 0. The van der Waals surface area contributed by atoms with Gasteiger partial charge in [-0.05, 0) is 0 Å². The van der Waals surface area contributed by atoms with Crippen molar-refractivity contribution in [2.24, 2.45) is 0 Å². The van der Waals surface area contributed by atoms with Crippen LogP contribution in [0.5, 0.6) is 0 Å². The molecule has 0 aromatic heterocycles. The number of aldehydes is 1. The Morgan fingerprint density at radius 1 is 1.69 bits per heavy atom. The molecule has 1 heterocycles. The molecule has 0 spiro atoms. The van der Waals surface area contributed by atoms with Crippen LogP contribution in [0.4, 0.5) is 0 Å². The molecule has 0 aliphatic carbocycles. The third-order valence-corrected chi connectivity index (χ3v) is 5.77. The molecule has 1 aliphatic heterocycles. The van der Waals surface area contributed by atoms with E-state index in [0.717, 1.165) is 18.3 Å². The van der Waals surface area contributed by atoms with Gasteiger partial charge in [0, 0.05) is 0 Å². The first-order valence-electron chi connectivity index (χ1n) is 4.06. The van der Waals surface area contributed by atoms with Crippen molar-refractivity contribution in [3.8, 4) is 0 Å². The Morgan fingerprint density at radius 3 is 3.00 bits per heavy atom. The quantitative estimate of drug-likeness (QED) is 0.560. The van der Waals surface area contributed by atoms with Gasteiger partial charge in [-0.3, -0.25) is 0 Å². The van der Waals surface area contributed by atoms with E-state index in [1.165, 1.54) is 10.3 Å². The van der Waals surface area contributed by atoms with Gasteiger partial charge in [0.05, 0.1) is 0 Å². The second-order valence-corrected chi connectivity index (χ2v) is 6.78. The zero-order valence-electron chi connectivity index (χ0n) is 7.45. The normalized spacial score (nSPS) is 14.2. The van der Waals surface area contributed by atoms with Crippen molar-refractivity contribution < 1.29 is 14.3 Å². The second kappa shape index (κ2) is 5.27. The average molecular weight is 281 g/mol. The molecule has 0 atom stereocenters. The van der Waals surface area contributed by atoms with Crippen LogP contribution in [0, 0.1) is 0 Å². The summed E-state index contributed by atoms with van der Waals surface area (Å²) in [5.74, 6) is -0.241. The van der Waals surface area contributed by atoms with Gasteiger partial charge in [-0.15, -0.1) is 0 Å². The summed E-state index contributed by atoms with van der Waals surface area (Å²) in [6.07, 6.45) is 3.61. The molecule has 0 bridgehead atoms. The molecule has 0 saturated carbocycles. The Bertz CT molecular complexity index is 279. The molecule has 0 amide bonds. The third-order valence-electron chi connectivity index (χ3n) is 1.67. The van der Waals surface area contributed by atoms with Crippen molar-refractivity contribution in [1.29, 1.82) is 0 Å². The van der Waals surface area contributed by atoms with E-state index < -0.39 is 22.9 Å². The number of hydrogen-bond donors (Lipinski definition) is 0. The van der Waals surface area contributed by atoms with Gasteiger partial charge in [-0.2, -0.15) is 0 Å². The number of allylic oxidation sites excluding steroid dienone is 2. The van der Waals surface area contributed by atoms with Crippen LogP contribution in [-0.2, 0) is 14.3 Å². The van der Waals surface area contributed by atoms with Crippen molar-refractivity contribution in [2.75, 3.05) is 6.61 Å². The molecule has 0 aromatic rings. The van der Waals surface area contributed by atoms with Crippen molar-refractivity contribution in [1.82, 2.24) is 0 Å². The number of carbonyl (C=O) groups is 2. The fraction of sp³-hybridized carbons (Fsp3) is 0.333. The van der Waals surface area contributed by atoms with E-state index in [-0.39, 0.29) is 5.97 Å². The van der Waals surface area contributed by atoms with Gasteiger partial charge in [-0.25, -0.2) is 0 Å². The van der Waals surface area contributed by atoms with Crippen molar-refractivity contribution in [3.05, 3.63) is 18.8 Å². The summed E-state index contributed by atoms with van der Waals surface area (Å²) in [6.45, 7) is 1.85. The molecular weight excluding hydrogens is 271 g/mol. The van der Waals surface area contributed by atoms with Gasteiger partial charge < -0.3 is 0 Å². The van der Waals surface area contributed by atoms with Gasteiger partial charge in [0.25, 0.3) is 0 Å². The van der Waals surface area contributed by atoms with E-state index in [9.17, 15) is 9.59 Å². The standard InChI is InChI=1S/C9H10O3.In/c1-8(7-10)5-3-4-6-12-9(2)11;/h1,5,7H,4,6H2,2H3;. The minimum atomic E-state index is -0.800. The second-order valence-electron chi connectivity index (χ2n) is 2.76. The third kappa shape index (κ3) is 3.81. The molecular formula is C9H10InO3. The molecule has 3 nitrogen and oxygen atoms in total. The van der Waals surface area contributed by atoms with E-state index >= 15 is 0 Å². The average Bonchev–Trinajstić information content (AvgIpc) is 2.52. The van der Waals surface area contributed by atoms with E-state index in [4.69, 9.17) is 4.74 Å². The first-order valence-corrected chi connectivity index (χ1v) is 7.61. The molecule has 0 saturated heterocycles. The molecule has 0 fully saturated rings. The van der Waals surface area contributed by atoms with Gasteiger partial charge in [0.1, 0.15) is 0 Å². The Labute approximate surface area is 88.2 Å². The summed E-state index contributed by atoms with van der Waals surface area (Å²) in [4.78, 5) is 20.8. The molecule has 0 N–H and O–H groups in total. The van der Waals surface area contributed by atoms with Gasteiger partial charge in [0.2, 0.25) is 0 Å². The Kier molecular flexibility index (Phi) is 4.28. The summed E-state index contributed by atoms with van der Waals surface area (Å²) in [5.41, 5.74) is 0.805. The molecule has 67 valence electrons. The molecule has 4 heteroatoms. The van der Waals surface area contributed by atoms with E-state index in [2.05, 4.69) is 3.83 Å². The number of rotatable bonds is 4. The first kappa shape index (κ1) is 10.6. The van der Waals surface area contributed by atoms with E-state index in [0.29, 0.717) is 6.61 Å². The number of ether oxygens (including phenoxy) is 1. The maximum absolute atomic E-state index is 10.4. The molecule has 1 radical (unpaired) electrons. The summed E-state index contributed by atoms with van der Waals surface area (Å²) in [6, 6.07) is 0. The number of hydrogen-bond acceptors (Lipinski definition) is 3. The van der Waals surface area contributed by atoms with Crippen LogP contribution < -0.4 is 0 Å². The Morgan fingerprint density at radius 2 is 2.46 bits per heavy atom. The van der Waals surface area contributed by atoms with Crippen LogP contribution in [0.1, 0.15) is 13.3 Å². The SMILES string of the molecule is CC(=O)OCC[C]1=CC(C=O)=[CH][In]1. The van der Waals surface area contributed by atoms with Gasteiger partial charge in [-0.1, -0.05) is 0 Å². The van der Waals surface area contributed by atoms with Crippen LogP contribution in [0.25, 0.3) is 0 Å². The predicted molar refractivity (Wildman–Crippen MR) is 49.2 cm³/mol. The molecule has 1 rings (SSSR count). The molecule has 0 unspecified atom stereocenters. The van der Waals surface area contributed by atoms with E-state index in [1.807, 2.05) is 6.08 Å². The molecule has 13 heavy (non-hydrogen) atoms. The number of carbonyl (C=O) groups excluding carboxylic acids is 2. The summed E-state index contributed by atoms with van der Waals surface area (Å²) in [7, 11) is 0. The van der Waals surface area contributed by atoms with Crippen LogP contribution >= 0.6 is 0 Å². The molecule has 1 aliphatic rings. The maximum atomic E-state index is 10.4. The van der Waals surface area contributed by atoms with Gasteiger partial charge >= 0.3 is 88.3 Å². The van der Waals surface area contributed by atoms with E-state index in [1.54, 1.807) is 0 Å². The summed E-state index contributed by atoms with van der Waals surface area (Å²) < 4.78 is 8.20. The fourth-order valence-electron chi connectivity index (χ4n) is 1.05. The zero-order chi connectivity index (χ0) is 9.68. The zero-order valence-corrected chi connectivity index (χ0v) is 10.7. The minimum absolute atomic E-state index is 0.241.